The van der Waals surface area contributed by atoms with Crippen LogP contribution in [0.1, 0.15) is 15.9 Å². The summed E-state index contributed by atoms with van der Waals surface area (Å²) in [7, 11) is 0. The molecule has 0 unspecified atom stereocenters. The zero-order valence-corrected chi connectivity index (χ0v) is 8.60. The molecule has 5 nitrogen and oxygen atoms in total. The Hall–Kier alpha value is -2.38. The fourth-order valence-electron chi connectivity index (χ4n) is 1.49. The highest BCUT2D eigenvalue weighted by Crippen LogP contribution is 2.37. The number of hydrogen-bond acceptors (Lipinski definition) is 4. The molecule has 0 aliphatic carbocycles. The number of halogens is 3. The highest BCUT2D eigenvalue weighted by molar-refractivity contribution is 5.96. The van der Waals surface area contributed by atoms with Gasteiger partial charge in [0.15, 0.2) is 0 Å². The lowest BCUT2D eigenvalue weighted by atomic mass is 10.00. The number of hydrogen-bond donors (Lipinski definition) is 1. The molecule has 2 aromatic rings. The first-order valence-corrected chi connectivity index (χ1v) is 4.61. The number of nitrogens with zero attached hydrogens (tertiary/aromatic N) is 2. The molecule has 0 fully saturated rings. The summed E-state index contributed by atoms with van der Waals surface area (Å²) in [6.45, 7) is 0. The van der Waals surface area contributed by atoms with Crippen molar-refractivity contribution in [3.63, 3.8) is 0 Å². The van der Waals surface area contributed by atoms with Gasteiger partial charge in [0.25, 0.3) is 0 Å². The van der Waals surface area contributed by atoms with Crippen molar-refractivity contribution in [1.82, 2.24) is 10.1 Å². The Morgan fingerprint density at radius 1 is 1.33 bits per heavy atom. The molecule has 0 aliphatic heterocycles. The first-order chi connectivity index (χ1) is 8.41. The molecular weight excluding hydrogens is 253 g/mol. The molecule has 0 saturated heterocycles. The van der Waals surface area contributed by atoms with Crippen LogP contribution in [0.5, 0.6) is 0 Å². The zero-order chi connectivity index (χ0) is 13.3. The average molecular weight is 258 g/mol. The van der Waals surface area contributed by atoms with Crippen LogP contribution in [-0.2, 0) is 6.18 Å². The van der Waals surface area contributed by atoms with Crippen molar-refractivity contribution < 1.29 is 27.6 Å². The van der Waals surface area contributed by atoms with Crippen LogP contribution in [0.2, 0.25) is 0 Å². The van der Waals surface area contributed by atoms with Gasteiger partial charge in [-0.25, -0.2) is 4.79 Å². The summed E-state index contributed by atoms with van der Waals surface area (Å²) in [6.07, 6.45) is -3.88. The first kappa shape index (κ1) is 12.1. The number of benzene rings is 1. The number of aromatic carboxylic acids is 1. The van der Waals surface area contributed by atoms with Gasteiger partial charge in [0.2, 0.25) is 12.2 Å². The Kier molecular flexibility index (Phi) is 2.77. The zero-order valence-electron chi connectivity index (χ0n) is 8.60. The fraction of sp³-hybridized carbons (Fsp3) is 0.100. The van der Waals surface area contributed by atoms with Gasteiger partial charge < -0.3 is 9.63 Å². The highest BCUT2D eigenvalue weighted by atomic mass is 19.4. The summed E-state index contributed by atoms with van der Waals surface area (Å²) >= 11 is 0. The number of aromatic nitrogens is 2. The third-order valence-corrected chi connectivity index (χ3v) is 2.19. The second-order valence-corrected chi connectivity index (χ2v) is 3.29. The van der Waals surface area contributed by atoms with Crippen LogP contribution in [-0.4, -0.2) is 21.2 Å². The normalized spacial score (nSPS) is 11.5. The van der Waals surface area contributed by atoms with Crippen molar-refractivity contribution in [2.24, 2.45) is 0 Å². The maximum absolute atomic E-state index is 12.8. The van der Waals surface area contributed by atoms with Gasteiger partial charge in [-0.15, -0.1) is 0 Å². The van der Waals surface area contributed by atoms with Crippen LogP contribution in [0.25, 0.3) is 11.4 Å². The third kappa shape index (κ3) is 2.04. The van der Waals surface area contributed by atoms with E-state index in [0.717, 1.165) is 24.6 Å². The fourth-order valence-corrected chi connectivity index (χ4v) is 1.49. The van der Waals surface area contributed by atoms with Gasteiger partial charge in [-0.3, -0.25) is 0 Å². The molecule has 1 heterocycles. The largest absolute Gasteiger partial charge is 0.478 e. The summed E-state index contributed by atoms with van der Waals surface area (Å²) in [6, 6.07) is 2.82. The average Bonchev–Trinajstić information content (AvgIpc) is 2.79. The lowest BCUT2D eigenvalue weighted by Crippen LogP contribution is -2.11. The third-order valence-electron chi connectivity index (χ3n) is 2.19. The van der Waals surface area contributed by atoms with E-state index in [1.807, 2.05) is 0 Å². The van der Waals surface area contributed by atoms with E-state index in [1.54, 1.807) is 0 Å². The van der Waals surface area contributed by atoms with Crippen molar-refractivity contribution in [2.75, 3.05) is 0 Å². The summed E-state index contributed by atoms with van der Waals surface area (Å²) in [5.74, 6) is -1.92. The maximum Gasteiger partial charge on any atom is 0.417 e. The minimum Gasteiger partial charge on any atom is -0.478 e. The molecule has 1 N–H and O–H groups in total. The molecule has 0 bridgehead atoms. The van der Waals surface area contributed by atoms with Crippen LogP contribution in [0.4, 0.5) is 13.2 Å². The van der Waals surface area contributed by atoms with Crippen molar-refractivity contribution in [3.05, 3.63) is 35.7 Å². The van der Waals surface area contributed by atoms with Crippen LogP contribution < -0.4 is 0 Å². The Balaban J connectivity index is 2.77. The number of alkyl halides is 3. The molecule has 0 spiro atoms. The maximum atomic E-state index is 12.8. The van der Waals surface area contributed by atoms with Gasteiger partial charge in [0.1, 0.15) is 0 Å². The summed E-state index contributed by atoms with van der Waals surface area (Å²) in [5, 5.41) is 12.2. The Morgan fingerprint density at radius 2 is 2.06 bits per heavy atom. The second kappa shape index (κ2) is 4.13. The number of carbonyl (C=O) groups is 1. The SMILES string of the molecule is O=C(O)c1cccc(C(F)(F)F)c1-c1ncon1. The van der Waals surface area contributed by atoms with Crippen LogP contribution in [0, 0.1) is 0 Å². The van der Waals surface area contributed by atoms with E-state index in [-0.39, 0.29) is 0 Å². The molecular formula is C10H5F3N2O3. The highest BCUT2D eigenvalue weighted by Gasteiger charge is 2.36. The Bertz CT molecular complexity index is 579. The van der Waals surface area contributed by atoms with Gasteiger partial charge in [0, 0.05) is 5.56 Å². The monoisotopic (exact) mass is 258 g/mol. The van der Waals surface area contributed by atoms with E-state index >= 15 is 0 Å². The number of carboxylic acid groups (broad SMARTS) is 1. The van der Waals surface area contributed by atoms with Crippen LogP contribution in [0.15, 0.2) is 29.1 Å². The van der Waals surface area contributed by atoms with Crippen molar-refractivity contribution in [1.29, 1.82) is 0 Å². The predicted molar refractivity (Wildman–Crippen MR) is 51.7 cm³/mol. The predicted octanol–water partition coefficient (Wildman–Crippen LogP) is 2.45. The van der Waals surface area contributed by atoms with Crippen molar-refractivity contribution in [3.8, 4) is 11.4 Å². The van der Waals surface area contributed by atoms with E-state index in [1.165, 1.54) is 0 Å². The molecule has 18 heavy (non-hydrogen) atoms. The lowest BCUT2D eigenvalue weighted by molar-refractivity contribution is -0.137. The van der Waals surface area contributed by atoms with E-state index in [4.69, 9.17) is 5.11 Å². The van der Waals surface area contributed by atoms with Crippen molar-refractivity contribution in [2.45, 2.75) is 6.18 Å². The van der Waals surface area contributed by atoms with E-state index in [2.05, 4.69) is 14.7 Å². The molecule has 2 rings (SSSR count). The molecule has 0 amide bonds. The molecule has 1 aromatic carbocycles. The van der Waals surface area contributed by atoms with Crippen molar-refractivity contribution >= 4 is 5.97 Å². The minimum atomic E-state index is -4.71. The first-order valence-electron chi connectivity index (χ1n) is 4.61. The molecule has 0 aliphatic rings. The standard InChI is InChI=1S/C10H5F3N2O3/c11-10(12,13)6-3-1-2-5(9(16)17)7(6)8-14-4-18-15-8/h1-4H,(H,16,17). The van der Waals surface area contributed by atoms with E-state index in [0.29, 0.717) is 0 Å². The molecule has 0 saturated carbocycles. The number of rotatable bonds is 2. The number of carboxylic acids is 1. The van der Waals surface area contributed by atoms with E-state index in [9.17, 15) is 18.0 Å². The molecule has 94 valence electrons. The molecule has 0 atom stereocenters. The Labute approximate surface area is 97.9 Å². The second-order valence-electron chi connectivity index (χ2n) is 3.29. The quantitative estimate of drug-likeness (QED) is 0.895. The van der Waals surface area contributed by atoms with E-state index < -0.39 is 34.7 Å². The summed E-state index contributed by atoms with van der Waals surface area (Å²) in [5.41, 5.74) is -2.26. The van der Waals surface area contributed by atoms with Gasteiger partial charge in [-0.1, -0.05) is 11.2 Å². The summed E-state index contributed by atoms with van der Waals surface area (Å²) < 4.78 is 42.8. The smallest absolute Gasteiger partial charge is 0.417 e. The summed E-state index contributed by atoms with van der Waals surface area (Å²) in [4.78, 5) is 14.4. The van der Waals surface area contributed by atoms with Crippen LogP contribution >= 0.6 is 0 Å². The van der Waals surface area contributed by atoms with Gasteiger partial charge >= 0.3 is 12.1 Å². The van der Waals surface area contributed by atoms with Crippen LogP contribution in [0.3, 0.4) is 0 Å². The minimum absolute atomic E-state index is 0.416. The topological polar surface area (TPSA) is 76.2 Å². The molecule has 1 aromatic heterocycles. The Morgan fingerprint density at radius 3 is 2.56 bits per heavy atom. The van der Waals surface area contributed by atoms with Gasteiger partial charge in [-0.2, -0.15) is 18.2 Å². The molecule has 0 radical (unpaired) electrons. The molecule has 8 heteroatoms. The lowest BCUT2D eigenvalue weighted by Gasteiger charge is -2.12. The van der Waals surface area contributed by atoms with Gasteiger partial charge in [-0.05, 0) is 12.1 Å². The van der Waals surface area contributed by atoms with Gasteiger partial charge in [0.05, 0.1) is 11.1 Å².